The lowest BCUT2D eigenvalue weighted by molar-refractivity contribution is -0.143. The van der Waals surface area contributed by atoms with Crippen molar-refractivity contribution < 1.29 is 4.79 Å². The summed E-state index contributed by atoms with van der Waals surface area (Å²) < 4.78 is 0. The summed E-state index contributed by atoms with van der Waals surface area (Å²) in [5, 5.41) is 0. The van der Waals surface area contributed by atoms with Crippen LogP contribution in [0.4, 0.5) is 0 Å². The first-order valence-electron chi connectivity index (χ1n) is 7.79. The molecule has 0 aromatic rings. The Kier molecular flexibility index (Phi) is 4.85. The smallest absolute Gasteiger partial charge is 0.230 e. The minimum absolute atomic E-state index is 0.222. The molecule has 0 spiro atoms. The summed E-state index contributed by atoms with van der Waals surface area (Å²) in [5.41, 5.74) is 5.69. The van der Waals surface area contributed by atoms with Crippen LogP contribution in [0.2, 0.25) is 0 Å². The number of piperazine rings is 1. The van der Waals surface area contributed by atoms with Gasteiger partial charge < -0.3 is 10.6 Å². The van der Waals surface area contributed by atoms with E-state index in [0.29, 0.717) is 18.4 Å². The normalized spacial score (nSPS) is 24.1. The zero-order chi connectivity index (χ0) is 13.9. The number of nitrogens with zero attached hydrogens (tertiary/aromatic N) is 2. The Bertz CT molecular complexity index is 303. The molecule has 1 aliphatic carbocycles. The van der Waals surface area contributed by atoms with Crippen molar-refractivity contribution in [3.63, 3.8) is 0 Å². The fraction of sp³-hybridized carbons (Fsp3) is 0.933. The van der Waals surface area contributed by atoms with Crippen molar-refractivity contribution in [3.8, 4) is 0 Å². The lowest BCUT2D eigenvalue weighted by atomic mass is 9.84. The van der Waals surface area contributed by atoms with Crippen LogP contribution >= 0.6 is 0 Å². The molecule has 2 rings (SSSR count). The summed E-state index contributed by atoms with van der Waals surface area (Å²) in [6.45, 7) is 9.97. The highest BCUT2D eigenvalue weighted by atomic mass is 16.2. The highest BCUT2D eigenvalue weighted by Crippen LogP contribution is 2.39. The lowest BCUT2D eigenvalue weighted by Crippen LogP contribution is -2.54. The monoisotopic (exact) mass is 267 g/mol. The van der Waals surface area contributed by atoms with Gasteiger partial charge in [-0.05, 0) is 18.8 Å². The molecule has 0 unspecified atom stereocenters. The Labute approximate surface area is 117 Å². The summed E-state index contributed by atoms with van der Waals surface area (Å²) >= 11 is 0. The van der Waals surface area contributed by atoms with E-state index in [9.17, 15) is 4.79 Å². The molecule has 2 fully saturated rings. The fourth-order valence-electron chi connectivity index (χ4n) is 3.54. The van der Waals surface area contributed by atoms with E-state index in [0.717, 1.165) is 58.4 Å². The summed E-state index contributed by atoms with van der Waals surface area (Å²) in [6, 6.07) is 0. The first kappa shape index (κ1) is 14.8. The molecular weight excluding hydrogens is 238 g/mol. The van der Waals surface area contributed by atoms with Gasteiger partial charge in [-0.25, -0.2) is 0 Å². The van der Waals surface area contributed by atoms with Crippen LogP contribution in [0, 0.1) is 11.3 Å². The number of amides is 1. The van der Waals surface area contributed by atoms with Crippen molar-refractivity contribution in [2.45, 2.75) is 39.5 Å². The SMILES string of the molecule is CC(C)CN1CCN(C(=O)C2(CN)CCCC2)CC1. The molecule has 0 aromatic heterocycles. The third kappa shape index (κ3) is 3.29. The number of rotatable bonds is 4. The standard InChI is InChI=1S/C15H29N3O/c1-13(2)11-17-7-9-18(10-8-17)14(19)15(12-16)5-3-4-6-15/h13H,3-12,16H2,1-2H3. The highest BCUT2D eigenvalue weighted by Gasteiger charge is 2.42. The molecule has 4 heteroatoms. The van der Waals surface area contributed by atoms with E-state index in [1.54, 1.807) is 0 Å². The predicted octanol–water partition coefficient (Wildman–Crippen LogP) is 1.31. The molecule has 2 aliphatic rings. The summed E-state index contributed by atoms with van der Waals surface area (Å²) in [5.74, 6) is 1.03. The van der Waals surface area contributed by atoms with Crippen LogP contribution in [0.5, 0.6) is 0 Å². The number of carbonyl (C=O) groups excluding carboxylic acids is 1. The zero-order valence-electron chi connectivity index (χ0n) is 12.5. The first-order valence-corrected chi connectivity index (χ1v) is 7.79. The van der Waals surface area contributed by atoms with Gasteiger partial charge in [0.2, 0.25) is 5.91 Å². The van der Waals surface area contributed by atoms with E-state index in [4.69, 9.17) is 5.73 Å². The molecule has 1 heterocycles. The average molecular weight is 267 g/mol. The minimum Gasteiger partial charge on any atom is -0.340 e. The molecule has 1 amide bonds. The van der Waals surface area contributed by atoms with E-state index in [1.807, 2.05) is 0 Å². The van der Waals surface area contributed by atoms with Crippen molar-refractivity contribution in [1.29, 1.82) is 0 Å². The van der Waals surface area contributed by atoms with Crippen LogP contribution in [0.25, 0.3) is 0 Å². The fourth-order valence-corrected chi connectivity index (χ4v) is 3.54. The second kappa shape index (κ2) is 6.23. The van der Waals surface area contributed by atoms with Crippen LogP contribution < -0.4 is 5.73 Å². The molecule has 1 saturated carbocycles. The molecular formula is C15H29N3O. The van der Waals surface area contributed by atoms with E-state index in [-0.39, 0.29) is 5.41 Å². The Balaban J connectivity index is 1.88. The lowest BCUT2D eigenvalue weighted by Gasteiger charge is -2.39. The van der Waals surface area contributed by atoms with Crippen molar-refractivity contribution >= 4 is 5.91 Å². The average Bonchev–Trinajstić information content (AvgIpc) is 2.88. The Hall–Kier alpha value is -0.610. The third-order valence-electron chi connectivity index (χ3n) is 4.69. The van der Waals surface area contributed by atoms with Crippen LogP contribution in [0.15, 0.2) is 0 Å². The van der Waals surface area contributed by atoms with E-state index < -0.39 is 0 Å². The quantitative estimate of drug-likeness (QED) is 0.835. The van der Waals surface area contributed by atoms with Crippen LogP contribution in [-0.4, -0.2) is 55.0 Å². The zero-order valence-corrected chi connectivity index (χ0v) is 12.5. The minimum atomic E-state index is -0.222. The molecule has 4 nitrogen and oxygen atoms in total. The Morgan fingerprint density at radius 3 is 2.21 bits per heavy atom. The van der Waals surface area contributed by atoms with Gasteiger partial charge >= 0.3 is 0 Å². The maximum atomic E-state index is 12.7. The Morgan fingerprint density at radius 1 is 1.16 bits per heavy atom. The van der Waals surface area contributed by atoms with E-state index >= 15 is 0 Å². The molecule has 1 aliphatic heterocycles. The number of nitrogens with two attached hydrogens (primary N) is 1. The maximum absolute atomic E-state index is 12.7. The second-order valence-electron chi connectivity index (χ2n) is 6.68. The molecule has 0 bridgehead atoms. The second-order valence-corrected chi connectivity index (χ2v) is 6.68. The van der Waals surface area contributed by atoms with Gasteiger partial charge in [0.05, 0.1) is 5.41 Å². The first-order chi connectivity index (χ1) is 9.07. The Morgan fingerprint density at radius 2 is 1.74 bits per heavy atom. The number of hydrogen-bond donors (Lipinski definition) is 1. The predicted molar refractivity (Wildman–Crippen MR) is 77.8 cm³/mol. The van der Waals surface area contributed by atoms with Gasteiger partial charge in [0.15, 0.2) is 0 Å². The van der Waals surface area contributed by atoms with Crippen molar-refractivity contribution in [3.05, 3.63) is 0 Å². The van der Waals surface area contributed by atoms with Gasteiger partial charge in [0.1, 0.15) is 0 Å². The number of carbonyl (C=O) groups is 1. The van der Waals surface area contributed by atoms with Gasteiger partial charge in [0, 0.05) is 39.3 Å². The molecule has 19 heavy (non-hydrogen) atoms. The summed E-state index contributed by atoms with van der Waals surface area (Å²) in [6.07, 6.45) is 4.32. The van der Waals surface area contributed by atoms with Gasteiger partial charge in [0.25, 0.3) is 0 Å². The van der Waals surface area contributed by atoms with E-state index in [1.165, 1.54) is 0 Å². The van der Waals surface area contributed by atoms with Crippen molar-refractivity contribution in [2.24, 2.45) is 17.1 Å². The molecule has 1 saturated heterocycles. The topological polar surface area (TPSA) is 49.6 Å². The van der Waals surface area contributed by atoms with Crippen molar-refractivity contribution in [1.82, 2.24) is 9.80 Å². The number of hydrogen-bond acceptors (Lipinski definition) is 3. The van der Waals surface area contributed by atoms with Gasteiger partial charge in [-0.1, -0.05) is 26.7 Å². The molecule has 0 aromatic carbocycles. The van der Waals surface area contributed by atoms with Gasteiger partial charge in [-0.15, -0.1) is 0 Å². The maximum Gasteiger partial charge on any atom is 0.230 e. The summed E-state index contributed by atoms with van der Waals surface area (Å²) in [7, 11) is 0. The van der Waals surface area contributed by atoms with Crippen LogP contribution in [0.3, 0.4) is 0 Å². The van der Waals surface area contributed by atoms with Crippen LogP contribution in [0.1, 0.15) is 39.5 Å². The van der Waals surface area contributed by atoms with Gasteiger partial charge in [-0.2, -0.15) is 0 Å². The van der Waals surface area contributed by atoms with Crippen molar-refractivity contribution in [2.75, 3.05) is 39.3 Å². The van der Waals surface area contributed by atoms with Crippen LogP contribution in [-0.2, 0) is 4.79 Å². The van der Waals surface area contributed by atoms with Gasteiger partial charge in [-0.3, -0.25) is 9.69 Å². The third-order valence-corrected chi connectivity index (χ3v) is 4.69. The summed E-state index contributed by atoms with van der Waals surface area (Å²) in [4.78, 5) is 17.2. The largest absolute Gasteiger partial charge is 0.340 e. The highest BCUT2D eigenvalue weighted by molar-refractivity contribution is 5.83. The van der Waals surface area contributed by atoms with E-state index in [2.05, 4.69) is 23.6 Å². The molecule has 2 N–H and O–H groups in total. The molecule has 110 valence electrons. The molecule has 0 radical (unpaired) electrons. The molecule has 0 atom stereocenters.